The molecule has 0 aliphatic carbocycles. The molecule has 2 unspecified atom stereocenters. The third-order valence-corrected chi connectivity index (χ3v) is 12.0. The van der Waals surface area contributed by atoms with E-state index in [-0.39, 0.29) is 32.2 Å². The first-order valence-electron chi connectivity index (χ1n) is 26.9. The van der Waals surface area contributed by atoms with Crippen molar-refractivity contribution in [1.82, 2.24) is 0 Å². The standard InChI is InChI=1S/C54H103NO8/c1-6-8-10-12-14-16-18-20-22-24-25-26-27-28-29-31-32-34-36-38-40-42-44-51(56)61-48-50(49-62-54(53(58)59)60-47-46-55(3,4)5)63-52(57)45-43-41-39-37-35-33-30-23-21-19-17-15-13-11-9-7-2/h23,30,50,54H,6-22,24-29,31-49H2,1-5H3/p+1/b30-23-. The van der Waals surface area contributed by atoms with E-state index in [9.17, 15) is 19.5 Å². The number of likely N-dealkylation sites (N-methyl/N-ethyl adjacent to an activating group) is 1. The second kappa shape index (κ2) is 46.6. The number of hydrogen-bond acceptors (Lipinski definition) is 7. The summed E-state index contributed by atoms with van der Waals surface area (Å²) < 4.78 is 22.8. The zero-order chi connectivity index (χ0) is 46.3. The van der Waals surface area contributed by atoms with Gasteiger partial charge in [0.05, 0.1) is 34.4 Å². The molecular formula is C54H104NO8+. The Labute approximate surface area is 389 Å². The molecular weight excluding hydrogens is 791 g/mol. The van der Waals surface area contributed by atoms with E-state index in [4.69, 9.17) is 18.9 Å². The van der Waals surface area contributed by atoms with Crippen molar-refractivity contribution in [3.05, 3.63) is 12.2 Å². The maximum absolute atomic E-state index is 12.8. The quantitative estimate of drug-likeness (QED) is 0.0211. The molecule has 9 heteroatoms. The van der Waals surface area contributed by atoms with Gasteiger partial charge in [-0.15, -0.1) is 0 Å². The number of nitrogens with zero attached hydrogens (tertiary/aromatic N) is 1. The number of allylic oxidation sites excluding steroid dienone is 2. The predicted molar refractivity (Wildman–Crippen MR) is 263 cm³/mol. The van der Waals surface area contributed by atoms with Crippen molar-refractivity contribution >= 4 is 17.9 Å². The van der Waals surface area contributed by atoms with Crippen LogP contribution in [0.2, 0.25) is 0 Å². The average Bonchev–Trinajstić information content (AvgIpc) is 3.24. The molecule has 0 rings (SSSR count). The van der Waals surface area contributed by atoms with Crippen LogP contribution in [0.15, 0.2) is 12.2 Å². The van der Waals surface area contributed by atoms with Gasteiger partial charge in [0.25, 0.3) is 6.29 Å². The van der Waals surface area contributed by atoms with Gasteiger partial charge in [-0.3, -0.25) is 9.59 Å². The summed E-state index contributed by atoms with van der Waals surface area (Å²) in [5.41, 5.74) is 0. The lowest BCUT2D eigenvalue weighted by molar-refractivity contribution is -0.870. The average molecular weight is 895 g/mol. The minimum absolute atomic E-state index is 0.179. The molecule has 0 aromatic heterocycles. The van der Waals surface area contributed by atoms with Crippen molar-refractivity contribution in [2.24, 2.45) is 0 Å². The first-order valence-corrected chi connectivity index (χ1v) is 26.9. The number of unbranched alkanes of at least 4 members (excludes halogenated alkanes) is 33. The third-order valence-electron chi connectivity index (χ3n) is 12.0. The van der Waals surface area contributed by atoms with Crippen LogP contribution in [0.1, 0.15) is 258 Å². The number of carbonyl (C=O) groups is 3. The van der Waals surface area contributed by atoms with Gasteiger partial charge >= 0.3 is 17.9 Å². The Morgan fingerprint density at radius 3 is 1.17 bits per heavy atom. The lowest BCUT2D eigenvalue weighted by atomic mass is 10.0. The van der Waals surface area contributed by atoms with Crippen LogP contribution >= 0.6 is 0 Å². The van der Waals surface area contributed by atoms with Gasteiger partial charge in [-0.2, -0.15) is 0 Å². The predicted octanol–water partition coefficient (Wildman–Crippen LogP) is 15.0. The molecule has 63 heavy (non-hydrogen) atoms. The van der Waals surface area contributed by atoms with Gasteiger partial charge in [0, 0.05) is 12.8 Å². The van der Waals surface area contributed by atoms with Crippen LogP contribution in [0.3, 0.4) is 0 Å². The van der Waals surface area contributed by atoms with Crippen molar-refractivity contribution in [2.45, 2.75) is 270 Å². The minimum Gasteiger partial charge on any atom is -0.477 e. The molecule has 0 bridgehead atoms. The monoisotopic (exact) mass is 895 g/mol. The highest BCUT2D eigenvalue weighted by molar-refractivity contribution is 5.71. The maximum atomic E-state index is 12.8. The molecule has 0 saturated heterocycles. The summed E-state index contributed by atoms with van der Waals surface area (Å²) in [5.74, 6) is -2.00. The highest BCUT2D eigenvalue weighted by atomic mass is 16.7. The molecule has 2 atom stereocenters. The summed E-state index contributed by atoms with van der Waals surface area (Å²) in [4.78, 5) is 37.3. The van der Waals surface area contributed by atoms with E-state index in [0.717, 1.165) is 51.4 Å². The zero-order valence-electron chi connectivity index (χ0n) is 42.3. The Kier molecular flexibility index (Phi) is 45.1. The normalized spacial score (nSPS) is 12.8. The molecule has 0 radical (unpaired) electrons. The van der Waals surface area contributed by atoms with Gasteiger partial charge in [0.2, 0.25) is 0 Å². The SMILES string of the molecule is CCCCCCCCC/C=C\CCCCCCCC(=O)OC(COC(=O)CCCCCCCCCCCCCCCCCCCCCCCC)COC(OCC[N+](C)(C)C)C(=O)O. The van der Waals surface area contributed by atoms with Gasteiger partial charge in [-0.1, -0.05) is 219 Å². The molecule has 0 saturated carbocycles. The number of quaternary nitrogens is 1. The fourth-order valence-corrected chi connectivity index (χ4v) is 7.83. The van der Waals surface area contributed by atoms with Gasteiger partial charge in [-0.05, 0) is 38.5 Å². The molecule has 9 nitrogen and oxygen atoms in total. The highest BCUT2D eigenvalue weighted by Gasteiger charge is 2.25. The van der Waals surface area contributed by atoms with E-state index < -0.39 is 24.3 Å². The first kappa shape index (κ1) is 61.0. The molecule has 0 aliphatic rings. The third kappa shape index (κ3) is 47.8. The smallest absolute Gasteiger partial charge is 0.361 e. The van der Waals surface area contributed by atoms with E-state index in [1.807, 2.05) is 21.1 Å². The Hall–Kier alpha value is -1.97. The lowest BCUT2D eigenvalue weighted by Crippen LogP contribution is -2.40. The maximum Gasteiger partial charge on any atom is 0.361 e. The van der Waals surface area contributed by atoms with Crippen LogP contribution in [0.4, 0.5) is 0 Å². The summed E-state index contributed by atoms with van der Waals surface area (Å²) in [7, 11) is 5.97. The lowest BCUT2D eigenvalue weighted by Gasteiger charge is -2.25. The molecule has 372 valence electrons. The van der Waals surface area contributed by atoms with Gasteiger partial charge in [-0.25, -0.2) is 4.79 Å². The summed E-state index contributed by atoms with van der Waals surface area (Å²) in [6, 6.07) is 0. The van der Waals surface area contributed by atoms with Gasteiger partial charge < -0.3 is 28.5 Å². The summed E-state index contributed by atoms with van der Waals surface area (Å²) in [6.45, 7) is 4.91. The van der Waals surface area contributed by atoms with Crippen molar-refractivity contribution in [1.29, 1.82) is 0 Å². The number of carboxylic acids is 1. The molecule has 0 heterocycles. The molecule has 1 N–H and O–H groups in total. The molecule has 0 aromatic rings. The van der Waals surface area contributed by atoms with Crippen LogP contribution in [-0.2, 0) is 33.3 Å². The van der Waals surface area contributed by atoms with Crippen molar-refractivity contribution in [2.75, 3.05) is 47.5 Å². The van der Waals surface area contributed by atoms with E-state index in [0.29, 0.717) is 23.9 Å². The van der Waals surface area contributed by atoms with Crippen LogP contribution in [0.5, 0.6) is 0 Å². The van der Waals surface area contributed by atoms with Crippen LogP contribution in [0.25, 0.3) is 0 Å². The molecule has 0 aromatic carbocycles. The Balaban J connectivity index is 4.25. The Bertz CT molecular complexity index is 1040. The van der Waals surface area contributed by atoms with Gasteiger partial charge in [0.15, 0.2) is 6.10 Å². The van der Waals surface area contributed by atoms with E-state index >= 15 is 0 Å². The van der Waals surface area contributed by atoms with Crippen LogP contribution < -0.4 is 0 Å². The second-order valence-electron chi connectivity index (χ2n) is 19.5. The number of rotatable bonds is 50. The number of ether oxygens (including phenoxy) is 4. The highest BCUT2D eigenvalue weighted by Crippen LogP contribution is 2.17. The van der Waals surface area contributed by atoms with E-state index in [2.05, 4.69) is 26.0 Å². The topological polar surface area (TPSA) is 108 Å². The fourth-order valence-electron chi connectivity index (χ4n) is 7.83. The second-order valence-corrected chi connectivity index (χ2v) is 19.5. The first-order chi connectivity index (χ1) is 30.6. The summed E-state index contributed by atoms with van der Waals surface area (Å²) >= 11 is 0. The van der Waals surface area contributed by atoms with Crippen molar-refractivity contribution in [3.8, 4) is 0 Å². The molecule has 0 aliphatic heterocycles. The van der Waals surface area contributed by atoms with Crippen molar-refractivity contribution < 1.29 is 42.9 Å². The minimum atomic E-state index is -1.51. The zero-order valence-corrected chi connectivity index (χ0v) is 42.3. The number of carbonyl (C=O) groups excluding carboxylic acids is 2. The summed E-state index contributed by atoms with van der Waals surface area (Å²) in [5, 5.41) is 9.67. The van der Waals surface area contributed by atoms with Crippen molar-refractivity contribution in [3.63, 3.8) is 0 Å². The fraction of sp³-hybridized carbons (Fsp3) is 0.907. The van der Waals surface area contributed by atoms with Crippen LogP contribution in [0, 0.1) is 0 Å². The molecule has 0 spiro atoms. The van der Waals surface area contributed by atoms with E-state index in [1.54, 1.807) is 0 Å². The van der Waals surface area contributed by atoms with E-state index in [1.165, 1.54) is 173 Å². The van der Waals surface area contributed by atoms with Gasteiger partial charge in [0.1, 0.15) is 13.2 Å². The Morgan fingerprint density at radius 1 is 0.460 bits per heavy atom. The number of hydrogen-bond donors (Lipinski definition) is 1. The summed E-state index contributed by atoms with van der Waals surface area (Å²) in [6.07, 6.45) is 48.5. The molecule has 0 amide bonds. The number of aliphatic carboxylic acids is 1. The van der Waals surface area contributed by atoms with Crippen LogP contribution in [-0.4, -0.2) is 87.4 Å². The largest absolute Gasteiger partial charge is 0.477 e. The molecule has 0 fully saturated rings. The Morgan fingerprint density at radius 2 is 0.810 bits per heavy atom. The number of carboxylic acid groups (broad SMARTS) is 1. The number of esters is 2.